The van der Waals surface area contributed by atoms with Crippen LogP contribution in [0.5, 0.6) is 0 Å². The van der Waals surface area contributed by atoms with Gasteiger partial charge in [-0.2, -0.15) is 0 Å². The summed E-state index contributed by atoms with van der Waals surface area (Å²) in [6, 6.07) is 5.71. The van der Waals surface area contributed by atoms with Crippen LogP contribution in [0.4, 0.5) is 0 Å². The topological polar surface area (TPSA) is 27.1 Å². The first-order valence-electron chi connectivity index (χ1n) is 8.22. The molecule has 0 N–H and O–H groups in total. The third-order valence-corrected chi connectivity index (χ3v) is 6.91. The maximum atomic E-state index is 5.88. The minimum atomic E-state index is -1.01. The average molecular weight is 335 g/mol. The van der Waals surface area contributed by atoms with E-state index in [-0.39, 0.29) is 0 Å². The molecule has 0 saturated carbocycles. The third-order valence-electron chi connectivity index (χ3n) is 4.08. The van der Waals surface area contributed by atoms with Crippen molar-refractivity contribution in [3.05, 3.63) is 23.9 Å². The molecule has 0 atom stereocenters. The van der Waals surface area contributed by atoms with Gasteiger partial charge in [0.15, 0.2) is 0 Å². The molecule has 120 valence electrons. The van der Waals surface area contributed by atoms with Crippen molar-refractivity contribution in [3.63, 3.8) is 0 Å². The summed E-state index contributed by atoms with van der Waals surface area (Å²) in [5.74, 6) is 1.19. The van der Waals surface area contributed by atoms with Gasteiger partial charge in [0.2, 0.25) is 0 Å². The number of thioether (sulfide) groups is 1. The second-order valence-corrected chi connectivity index (χ2v) is 14.0. The van der Waals surface area contributed by atoms with Gasteiger partial charge in [-0.15, -0.1) is 11.8 Å². The van der Waals surface area contributed by atoms with E-state index < -0.39 is 8.07 Å². The predicted octanol–water partition coefficient (Wildman–Crippen LogP) is 4.78. The molecule has 0 bridgehead atoms. The van der Waals surface area contributed by atoms with Crippen molar-refractivity contribution in [2.75, 3.05) is 12.4 Å². The number of fused-ring (bicyclic) bond motifs is 2. The number of hydrogen-bond donors (Lipinski definition) is 0. The molecule has 1 aliphatic rings. The molecule has 5 heteroatoms. The Kier molecular flexibility index (Phi) is 4.95. The second-order valence-electron chi connectivity index (χ2n) is 7.30. The summed E-state index contributed by atoms with van der Waals surface area (Å²) in [7, 11) is -1.01. The first kappa shape index (κ1) is 16.1. The van der Waals surface area contributed by atoms with Crippen LogP contribution in [-0.2, 0) is 17.9 Å². The van der Waals surface area contributed by atoms with Gasteiger partial charge in [0.1, 0.15) is 17.4 Å². The number of rotatable bonds is 5. The molecule has 0 unspecified atom stereocenters. The van der Waals surface area contributed by atoms with Gasteiger partial charge in [0.25, 0.3) is 0 Å². The summed E-state index contributed by atoms with van der Waals surface area (Å²) < 4.78 is 8.03. The molecule has 0 radical (unpaired) electrons. The normalized spacial score (nSPS) is 15.8. The molecule has 0 aromatic carbocycles. The largest absolute Gasteiger partial charge is 0.361 e. The van der Waals surface area contributed by atoms with Crippen LogP contribution < -0.4 is 0 Å². The van der Waals surface area contributed by atoms with Crippen LogP contribution in [0.15, 0.2) is 23.4 Å². The number of nitrogens with zero attached hydrogens (tertiary/aromatic N) is 2. The summed E-state index contributed by atoms with van der Waals surface area (Å²) >= 11 is 1.91. The molecule has 1 aliphatic heterocycles. The monoisotopic (exact) mass is 334 g/mol. The Bertz CT molecular complexity index is 648. The lowest BCUT2D eigenvalue weighted by molar-refractivity contribution is 0.0898. The van der Waals surface area contributed by atoms with E-state index in [4.69, 9.17) is 9.72 Å². The fraction of sp³-hybridized carbons (Fsp3) is 0.588. The summed E-state index contributed by atoms with van der Waals surface area (Å²) in [6.45, 7) is 8.62. The van der Waals surface area contributed by atoms with Crippen LogP contribution in [0.2, 0.25) is 25.7 Å². The molecule has 22 heavy (non-hydrogen) atoms. The molecule has 0 aliphatic carbocycles. The molecule has 3 nitrogen and oxygen atoms in total. The van der Waals surface area contributed by atoms with E-state index in [0.29, 0.717) is 6.73 Å². The molecule has 0 spiro atoms. The Morgan fingerprint density at radius 2 is 2.18 bits per heavy atom. The van der Waals surface area contributed by atoms with E-state index in [0.717, 1.165) is 12.3 Å². The molecule has 2 aromatic rings. The Morgan fingerprint density at radius 1 is 1.32 bits per heavy atom. The van der Waals surface area contributed by atoms with Gasteiger partial charge in [-0.25, -0.2) is 4.98 Å². The van der Waals surface area contributed by atoms with Crippen molar-refractivity contribution in [2.24, 2.45) is 0 Å². The highest BCUT2D eigenvalue weighted by molar-refractivity contribution is 7.99. The predicted molar refractivity (Wildman–Crippen MR) is 97.5 cm³/mol. The minimum absolute atomic E-state index is 0.616. The fourth-order valence-corrected chi connectivity index (χ4v) is 4.47. The lowest BCUT2D eigenvalue weighted by atomic mass is 10.1. The van der Waals surface area contributed by atoms with E-state index in [9.17, 15) is 0 Å². The summed E-state index contributed by atoms with van der Waals surface area (Å²) in [5, 5.41) is 2.47. The van der Waals surface area contributed by atoms with Crippen molar-refractivity contribution >= 4 is 30.9 Å². The molecular weight excluding hydrogens is 308 g/mol. The van der Waals surface area contributed by atoms with E-state index in [1.54, 1.807) is 0 Å². The van der Waals surface area contributed by atoms with Crippen LogP contribution in [-0.4, -0.2) is 30.0 Å². The molecule has 0 fully saturated rings. The molecule has 0 saturated heterocycles. The van der Waals surface area contributed by atoms with Crippen LogP contribution in [0.1, 0.15) is 18.4 Å². The highest BCUT2D eigenvalue weighted by Crippen LogP contribution is 2.30. The van der Waals surface area contributed by atoms with Crippen LogP contribution in [0, 0.1) is 0 Å². The van der Waals surface area contributed by atoms with Gasteiger partial charge in [-0.1, -0.05) is 19.6 Å². The van der Waals surface area contributed by atoms with E-state index in [1.165, 1.54) is 47.0 Å². The number of aryl methyl sites for hydroxylation is 1. The third kappa shape index (κ3) is 3.94. The maximum Gasteiger partial charge on any atom is 0.143 e. The summed E-state index contributed by atoms with van der Waals surface area (Å²) in [6.07, 6.45) is 5.86. The maximum absolute atomic E-state index is 5.88. The molecule has 0 amide bonds. The zero-order valence-corrected chi connectivity index (χ0v) is 15.7. The van der Waals surface area contributed by atoms with Crippen molar-refractivity contribution in [2.45, 2.75) is 56.7 Å². The van der Waals surface area contributed by atoms with Crippen molar-refractivity contribution in [3.8, 4) is 0 Å². The standard InChI is InChI=1S/C17H26N2OSSi/c1-22(2,3)11-9-20-13-19-8-7-14-12-15-6-4-5-10-21-17(15)18-16(14)19/h7-8,12H,4-6,9-11,13H2,1-3H3. The molecule has 2 aromatic heterocycles. The van der Waals surface area contributed by atoms with Gasteiger partial charge >= 0.3 is 0 Å². The summed E-state index contributed by atoms with van der Waals surface area (Å²) in [4.78, 5) is 4.92. The van der Waals surface area contributed by atoms with E-state index in [1.807, 2.05) is 11.8 Å². The number of hydrogen-bond acceptors (Lipinski definition) is 3. The van der Waals surface area contributed by atoms with Crippen molar-refractivity contribution < 1.29 is 4.74 Å². The highest BCUT2D eigenvalue weighted by atomic mass is 32.2. The zero-order valence-electron chi connectivity index (χ0n) is 13.9. The van der Waals surface area contributed by atoms with Gasteiger partial charge in [0, 0.05) is 26.3 Å². The average Bonchev–Trinajstić information content (AvgIpc) is 2.69. The Hall–Kier alpha value is -0.783. The Balaban J connectivity index is 1.72. The first-order chi connectivity index (χ1) is 10.5. The van der Waals surface area contributed by atoms with Gasteiger partial charge in [-0.05, 0) is 48.8 Å². The summed E-state index contributed by atoms with van der Waals surface area (Å²) in [5.41, 5.74) is 2.49. The highest BCUT2D eigenvalue weighted by Gasteiger charge is 2.14. The van der Waals surface area contributed by atoms with Crippen LogP contribution in [0.25, 0.3) is 11.0 Å². The van der Waals surface area contributed by atoms with Gasteiger partial charge in [0.05, 0.1) is 0 Å². The number of pyridine rings is 1. The lowest BCUT2D eigenvalue weighted by Gasteiger charge is -2.15. The first-order valence-corrected chi connectivity index (χ1v) is 12.9. The lowest BCUT2D eigenvalue weighted by Crippen LogP contribution is -2.22. The second kappa shape index (κ2) is 6.77. The van der Waals surface area contributed by atoms with Crippen molar-refractivity contribution in [1.29, 1.82) is 0 Å². The SMILES string of the molecule is C[Si](C)(C)CCOCn1ccc2cc3c(nc21)SCCCC3. The minimum Gasteiger partial charge on any atom is -0.361 e. The Labute approximate surface area is 138 Å². The number of aromatic nitrogens is 2. The van der Waals surface area contributed by atoms with E-state index in [2.05, 4.69) is 42.5 Å². The van der Waals surface area contributed by atoms with Crippen LogP contribution in [0.3, 0.4) is 0 Å². The zero-order chi connectivity index (χ0) is 15.6. The Morgan fingerprint density at radius 3 is 3.00 bits per heavy atom. The van der Waals surface area contributed by atoms with Crippen molar-refractivity contribution in [1.82, 2.24) is 9.55 Å². The van der Waals surface area contributed by atoms with Gasteiger partial charge < -0.3 is 9.30 Å². The molecule has 3 heterocycles. The molecule has 3 rings (SSSR count). The van der Waals surface area contributed by atoms with Gasteiger partial charge in [-0.3, -0.25) is 0 Å². The number of ether oxygens (including phenoxy) is 1. The smallest absolute Gasteiger partial charge is 0.143 e. The quantitative estimate of drug-likeness (QED) is 0.582. The van der Waals surface area contributed by atoms with E-state index >= 15 is 0 Å². The molecular formula is C17H26N2OSSi. The fourth-order valence-electron chi connectivity index (χ4n) is 2.68. The van der Waals surface area contributed by atoms with Crippen LogP contribution >= 0.6 is 11.8 Å².